The number of halogens is 4. The largest absolute Gasteiger partial charge is 0.417 e. The number of carbonyl (C=O) groups excluding carboxylic acids is 1. The Labute approximate surface area is 177 Å². The van der Waals surface area contributed by atoms with Crippen molar-refractivity contribution in [3.05, 3.63) is 46.3 Å². The fourth-order valence-electron chi connectivity index (χ4n) is 2.73. The molecule has 6 nitrogen and oxygen atoms in total. The number of anilines is 2. The van der Waals surface area contributed by atoms with Crippen molar-refractivity contribution in [2.45, 2.75) is 24.4 Å². The summed E-state index contributed by atoms with van der Waals surface area (Å²) >= 11 is 4.94. The number of alkyl halides is 3. The van der Waals surface area contributed by atoms with Crippen LogP contribution < -0.4 is 10.6 Å². The SMILES string of the molecule is CCSc1c(CC(=O)Nc2cc(C(F)(F)F)cnc2NC)nn2cc(Br)ccc12. The van der Waals surface area contributed by atoms with E-state index in [2.05, 4.69) is 36.6 Å². The highest BCUT2D eigenvalue weighted by Crippen LogP contribution is 2.33. The number of fused-ring (bicyclic) bond motifs is 1. The van der Waals surface area contributed by atoms with Gasteiger partial charge in [0, 0.05) is 23.9 Å². The molecule has 0 radical (unpaired) electrons. The van der Waals surface area contributed by atoms with Crippen molar-refractivity contribution >= 4 is 50.6 Å². The maximum atomic E-state index is 13.0. The van der Waals surface area contributed by atoms with Crippen molar-refractivity contribution in [1.82, 2.24) is 14.6 Å². The first kappa shape index (κ1) is 21.4. The predicted molar refractivity (Wildman–Crippen MR) is 110 cm³/mol. The molecular formula is C18H17BrF3N5OS. The van der Waals surface area contributed by atoms with Crippen LogP contribution in [0.2, 0.25) is 0 Å². The average molecular weight is 488 g/mol. The third-order valence-electron chi connectivity index (χ3n) is 3.96. The van der Waals surface area contributed by atoms with Crippen molar-refractivity contribution in [2.75, 3.05) is 23.4 Å². The average Bonchev–Trinajstić information content (AvgIpc) is 2.97. The summed E-state index contributed by atoms with van der Waals surface area (Å²) in [6.07, 6.45) is -2.14. The number of hydrogen-bond donors (Lipinski definition) is 2. The minimum absolute atomic E-state index is 0.0384. The van der Waals surface area contributed by atoms with Crippen LogP contribution in [-0.2, 0) is 17.4 Å². The Morgan fingerprint density at radius 3 is 2.76 bits per heavy atom. The molecule has 11 heteroatoms. The van der Waals surface area contributed by atoms with Crippen molar-refractivity contribution in [3.8, 4) is 0 Å². The lowest BCUT2D eigenvalue weighted by atomic mass is 10.2. The maximum Gasteiger partial charge on any atom is 0.417 e. The number of amides is 1. The molecule has 0 saturated carbocycles. The smallest absolute Gasteiger partial charge is 0.371 e. The lowest BCUT2D eigenvalue weighted by molar-refractivity contribution is -0.137. The fourth-order valence-corrected chi connectivity index (χ4v) is 3.93. The van der Waals surface area contributed by atoms with Gasteiger partial charge in [0.2, 0.25) is 5.91 Å². The molecule has 3 aromatic heterocycles. The second-order valence-electron chi connectivity index (χ2n) is 5.98. The number of nitrogens with one attached hydrogen (secondary N) is 2. The van der Waals surface area contributed by atoms with Gasteiger partial charge in [-0.05, 0) is 39.9 Å². The highest BCUT2D eigenvalue weighted by molar-refractivity contribution is 9.10. The van der Waals surface area contributed by atoms with Crippen LogP contribution in [0.25, 0.3) is 5.52 Å². The zero-order valence-electron chi connectivity index (χ0n) is 15.5. The van der Waals surface area contributed by atoms with E-state index >= 15 is 0 Å². The number of aromatic nitrogens is 3. The number of rotatable bonds is 6. The molecule has 3 rings (SSSR count). The molecule has 154 valence electrons. The third kappa shape index (κ3) is 4.84. The molecule has 0 aliphatic heterocycles. The molecule has 0 bridgehead atoms. The molecule has 0 spiro atoms. The van der Waals surface area contributed by atoms with Crippen molar-refractivity contribution in [1.29, 1.82) is 0 Å². The van der Waals surface area contributed by atoms with E-state index in [1.807, 2.05) is 19.1 Å². The number of nitrogens with zero attached hydrogens (tertiary/aromatic N) is 3. The lowest BCUT2D eigenvalue weighted by Gasteiger charge is -2.13. The van der Waals surface area contributed by atoms with Crippen LogP contribution in [0.3, 0.4) is 0 Å². The van der Waals surface area contributed by atoms with Gasteiger partial charge in [-0.15, -0.1) is 11.8 Å². The van der Waals surface area contributed by atoms with Crippen molar-refractivity contribution < 1.29 is 18.0 Å². The molecule has 0 aliphatic rings. The lowest BCUT2D eigenvalue weighted by Crippen LogP contribution is -2.18. The summed E-state index contributed by atoms with van der Waals surface area (Å²) in [5.41, 5.74) is 0.438. The summed E-state index contributed by atoms with van der Waals surface area (Å²) in [5.74, 6) is 0.449. The van der Waals surface area contributed by atoms with E-state index in [1.54, 1.807) is 22.5 Å². The number of thioether (sulfide) groups is 1. The summed E-state index contributed by atoms with van der Waals surface area (Å²) in [4.78, 5) is 17.2. The molecule has 0 atom stereocenters. The van der Waals surface area contributed by atoms with E-state index in [0.29, 0.717) is 5.69 Å². The molecule has 0 unspecified atom stereocenters. The van der Waals surface area contributed by atoms with Crippen LogP contribution in [0.4, 0.5) is 24.7 Å². The van der Waals surface area contributed by atoms with Gasteiger partial charge in [0.05, 0.1) is 33.8 Å². The Morgan fingerprint density at radius 2 is 2.10 bits per heavy atom. The van der Waals surface area contributed by atoms with Crippen molar-refractivity contribution in [2.24, 2.45) is 0 Å². The molecule has 2 N–H and O–H groups in total. The van der Waals surface area contributed by atoms with Crippen LogP contribution in [0, 0.1) is 0 Å². The van der Waals surface area contributed by atoms with E-state index in [-0.39, 0.29) is 17.9 Å². The second kappa shape index (κ2) is 8.62. The van der Waals surface area contributed by atoms with Crippen LogP contribution in [0.1, 0.15) is 18.2 Å². The zero-order chi connectivity index (χ0) is 21.2. The van der Waals surface area contributed by atoms with Gasteiger partial charge >= 0.3 is 6.18 Å². The standard InChI is InChI=1S/C18H17BrF3N5OS/c1-3-29-16-12(26-27-9-11(19)4-5-14(16)27)7-15(28)25-13-6-10(18(20,21)22)8-24-17(13)23-2/h4-6,8-9H,3,7H2,1-2H3,(H,23,24)(H,25,28). The van der Waals surface area contributed by atoms with Crippen LogP contribution in [0.15, 0.2) is 40.0 Å². The quantitative estimate of drug-likeness (QED) is 0.486. The van der Waals surface area contributed by atoms with E-state index in [0.717, 1.165) is 32.9 Å². The van der Waals surface area contributed by atoms with Gasteiger partial charge in [0.15, 0.2) is 0 Å². The van der Waals surface area contributed by atoms with Gasteiger partial charge in [-0.3, -0.25) is 4.79 Å². The minimum Gasteiger partial charge on any atom is -0.371 e. The Balaban J connectivity index is 1.89. The first-order valence-corrected chi connectivity index (χ1v) is 10.3. The summed E-state index contributed by atoms with van der Waals surface area (Å²) in [6.45, 7) is 1.99. The molecule has 0 fully saturated rings. The van der Waals surface area contributed by atoms with Crippen LogP contribution >= 0.6 is 27.7 Å². The maximum absolute atomic E-state index is 13.0. The normalized spacial score (nSPS) is 11.7. The topological polar surface area (TPSA) is 71.3 Å². The van der Waals surface area contributed by atoms with E-state index in [4.69, 9.17) is 0 Å². The van der Waals surface area contributed by atoms with Gasteiger partial charge in [-0.2, -0.15) is 18.3 Å². The molecule has 3 heterocycles. The molecule has 0 aromatic carbocycles. The first-order chi connectivity index (χ1) is 13.7. The Hall–Kier alpha value is -2.27. The first-order valence-electron chi connectivity index (χ1n) is 8.57. The molecule has 1 amide bonds. The predicted octanol–water partition coefficient (Wildman–Crippen LogP) is 4.85. The van der Waals surface area contributed by atoms with Gasteiger partial charge < -0.3 is 10.6 Å². The summed E-state index contributed by atoms with van der Waals surface area (Å²) < 4.78 is 41.5. The third-order valence-corrected chi connectivity index (χ3v) is 5.45. The second-order valence-corrected chi connectivity index (χ2v) is 8.17. The minimum atomic E-state index is -4.56. The Bertz CT molecular complexity index is 1050. The number of pyridine rings is 2. The Kier molecular flexibility index (Phi) is 6.37. The van der Waals surface area contributed by atoms with Crippen LogP contribution in [-0.4, -0.2) is 33.3 Å². The summed E-state index contributed by atoms with van der Waals surface area (Å²) in [5, 5.41) is 9.66. The monoisotopic (exact) mass is 487 g/mol. The van der Waals surface area contributed by atoms with E-state index in [1.165, 1.54) is 7.05 Å². The molecule has 0 saturated heterocycles. The highest BCUT2D eigenvalue weighted by Gasteiger charge is 2.32. The molecule has 29 heavy (non-hydrogen) atoms. The molecular weight excluding hydrogens is 471 g/mol. The Morgan fingerprint density at radius 1 is 1.34 bits per heavy atom. The van der Waals surface area contributed by atoms with Crippen LogP contribution in [0.5, 0.6) is 0 Å². The fraction of sp³-hybridized carbons (Fsp3) is 0.278. The van der Waals surface area contributed by atoms with Gasteiger partial charge in [0.1, 0.15) is 5.82 Å². The van der Waals surface area contributed by atoms with Crippen molar-refractivity contribution in [3.63, 3.8) is 0 Å². The highest BCUT2D eigenvalue weighted by atomic mass is 79.9. The summed E-state index contributed by atoms with van der Waals surface area (Å²) in [7, 11) is 1.52. The number of hydrogen-bond acceptors (Lipinski definition) is 5. The van der Waals surface area contributed by atoms with Gasteiger partial charge in [-0.25, -0.2) is 9.50 Å². The van der Waals surface area contributed by atoms with E-state index in [9.17, 15) is 18.0 Å². The van der Waals surface area contributed by atoms with Gasteiger partial charge in [0.25, 0.3) is 0 Å². The summed E-state index contributed by atoms with van der Waals surface area (Å²) in [6, 6.07) is 4.64. The zero-order valence-corrected chi connectivity index (χ0v) is 17.9. The van der Waals surface area contributed by atoms with E-state index < -0.39 is 17.6 Å². The molecule has 0 aliphatic carbocycles. The van der Waals surface area contributed by atoms with Gasteiger partial charge in [-0.1, -0.05) is 6.92 Å². The number of carbonyl (C=O) groups is 1. The molecule has 3 aromatic rings.